The van der Waals surface area contributed by atoms with Crippen LogP contribution in [0.1, 0.15) is 25.3 Å². The van der Waals surface area contributed by atoms with Crippen LogP contribution in [0.25, 0.3) is 0 Å². The van der Waals surface area contributed by atoms with Crippen molar-refractivity contribution in [1.29, 1.82) is 0 Å². The lowest BCUT2D eigenvalue weighted by atomic mass is 10.2. The highest BCUT2D eigenvalue weighted by Gasteiger charge is 2.13. The van der Waals surface area contributed by atoms with E-state index in [1.165, 1.54) is 0 Å². The van der Waals surface area contributed by atoms with Crippen molar-refractivity contribution in [2.45, 2.75) is 26.7 Å². The van der Waals surface area contributed by atoms with Crippen molar-refractivity contribution < 1.29 is 9.90 Å². The van der Waals surface area contributed by atoms with Gasteiger partial charge >= 0.3 is 0 Å². The first-order valence-electron chi connectivity index (χ1n) is 5.64. The molecule has 87 valence electrons. The summed E-state index contributed by atoms with van der Waals surface area (Å²) in [6, 6.07) is 7.68. The Bertz CT molecular complexity index is 332. The van der Waals surface area contributed by atoms with Crippen molar-refractivity contribution in [2.24, 2.45) is 0 Å². The molecule has 0 aliphatic rings. The number of anilines is 1. The standard InChI is InChI=1S/C13H18NO2/c1-3-4-13(16)14(9-10-15)12-7-5-11(2)6-8-12/h5-8H,3-4,9-10H2,1-2H3. The van der Waals surface area contributed by atoms with Crippen LogP contribution in [0.5, 0.6) is 0 Å². The molecule has 1 rings (SSSR count). The second-order valence-corrected chi connectivity index (χ2v) is 3.84. The minimum absolute atomic E-state index is 0.0298. The number of carbonyl (C=O) groups is 1. The first-order chi connectivity index (χ1) is 7.69. The number of benzene rings is 1. The molecule has 1 aromatic carbocycles. The van der Waals surface area contributed by atoms with Gasteiger partial charge in [0, 0.05) is 12.1 Å². The Kier molecular flexibility index (Phi) is 4.99. The zero-order valence-electron chi connectivity index (χ0n) is 9.90. The van der Waals surface area contributed by atoms with Gasteiger partial charge in [0.25, 0.3) is 0 Å². The number of nitrogens with zero attached hydrogens (tertiary/aromatic N) is 1. The summed E-state index contributed by atoms with van der Waals surface area (Å²) in [7, 11) is 0. The Hall–Kier alpha value is -1.35. The molecule has 0 saturated carbocycles. The van der Waals surface area contributed by atoms with Crippen LogP contribution < -0.4 is 4.90 Å². The number of aryl methyl sites for hydroxylation is 1. The van der Waals surface area contributed by atoms with Gasteiger partial charge in [-0.3, -0.25) is 4.79 Å². The van der Waals surface area contributed by atoms with Crippen molar-refractivity contribution >= 4 is 11.6 Å². The van der Waals surface area contributed by atoms with E-state index in [2.05, 4.69) is 0 Å². The summed E-state index contributed by atoms with van der Waals surface area (Å²) in [6.07, 6.45) is 1.30. The van der Waals surface area contributed by atoms with Crippen LogP contribution in [0.4, 0.5) is 5.69 Å². The van der Waals surface area contributed by atoms with Crippen LogP contribution >= 0.6 is 0 Å². The first-order valence-corrected chi connectivity index (χ1v) is 5.64. The Morgan fingerprint density at radius 1 is 1.25 bits per heavy atom. The Morgan fingerprint density at radius 3 is 2.38 bits per heavy atom. The van der Waals surface area contributed by atoms with E-state index < -0.39 is 0 Å². The molecule has 0 aliphatic carbocycles. The van der Waals surface area contributed by atoms with Gasteiger partial charge in [-0.15, -0.1) is 0 Å². The molecule has 0 aromatic heterocycles. The molecule has 0 N–H and O–H groups in total. The van der Waals surface area contributed by atoms with E-state index in [1.54, 1.807) is 4.90 Å². The SMILES string of the molecule is CCCC(=O)N(CC[O])c1ccc(C)cc1. The molecule has 0 saturated heterocycles. The van der Waals surface area contributed by atoms with Gasteiger partial charge in [0.15, 0.2) is 0 Å². The van der Waals surface area contributed by atoms with Crippen molar-refractivity contribution in [3.63, 3.8) is 0 Å². The normalized spacial score (nSPS) is 10.2. The van der Waals surface area contributed by atoms with Gasteiger partial charge in [-0.1, -0.05) is 24.6 Å². The molecule has 0 aliphatic heterocycles. The minimum atomic E-state index is -0.261. The Labute approximate surface area is 96.7 Å². The smallest absolute Gasteiger partial charge is 0.227 e. The second kappa shape index (κ2) is 6.28. The van der Waals surface area contributed by atoms with Crippen LogP contribution in [0, 0.1) is 6.92 Å². The second-order valence-electron chi connectivity index (χ2n) is 3.84. The third-order valence-electron chi connectivity index (χ3n) is 2.43. The predicted molar refractivity (Wildman–Crippen MR) is 64.0 cm³/mol. The lowest BCUT2D eigenvalue weighted by molar-refractivity contribution is -0.118. The molecule has 0 fully saturated rings. The average Bonchev–Trinajstić information content (AvgIpc) is 2.28. The number of hydrogen-bond donors (Lipinski definition) is 0. The number of hydrogen-bond acceptors (Lipinski definition) is 1. The third-order valence-corrected chi connectivity index (χ3v) is 2.43. The van der Waals surface area contributed by atoms with Gasteiger partial charge in [0.1, 0.15) is 6.61 Å². The van der Waals surface area contributed by atoms with Crippen LogP contribution in [0.15, 0.2) is 24.3 Å². The lowest BCUT2D eigenvalue weighted by Gasteiger charge is -2.21. The van der Waals surface area contributed by atoms with E-state index in [0.29, 0.717) is 6.42 Å². The van der Waals surface area contributed by atoms with Crippen LogP contribution in [-0.2, 0) is 9.90 Å². The topological polar surface area (TPSA) is 40.2 Å². The molecular weight excluding hydrogens is 202 g/mol. The summed E-state index contributed by atoms with van der Waals surface area (Å²) < 4.78 is 0. The highest BCUT2D eigenvalue weighted by atomic mass is 16.3. The highest BCUT2D eigenvalue weighted by molar-refractivity contribution is 5.93. The first kappa shape index (κ1) is 12.7. The Balaban J connectivity index is 2.84. The fourth-order valence-electron chi connectivity index (χ4n) is 1.56. The monoisotopic (exact) mass is 220 g/mol. The summed E-state index contributed by atoms with van der Waals surface area (Å²) in [6.45, 7) is 3.95. The van der Waals surface area contributed by atoms with E-state index in [-0.39, 0.29) is 19.1 Å². The minimum Gasteiger partial charge on any atom is -0.310 e. The lowest BCUT2D eigenvalue weighted by Crippen LogP contribution is -2.32. The largest absolute Gasteiger partial charge is 0.310 e. The fourth-order valence-corrected chi connectivity index (χ4v) is 1.56. The summed E-state index contributed by atoms with van der Waals surface area (Å²) in [5, 5.41) is 10.7. The van der Waals surface area contributed by atoms with E-state index in [0.717, 1.165) is 17.7 Å². The van der Waals surface area contributed by atoms with Crippen LogP contribution in [0.3, 0.4) is 0 Å². The van der Waals surface area contributed by atoms with Crippen LogP contribution in [0.2, 0.25) is 0 Å². The van der Waals surface area contributed by atoms with E-state index in [9.17, 15) is 9.90 Å². The highest BCUT2D eigenvalue weighted by Crippen LogP contribution is 2.16. The molecule has 1 amide bonds. The molecule has 0 spiro atoms. The molecule has 16 heavy (non-hydrogen) atoms. The predicted octanol–water partition coefficient (Wildman–Crippen LogP) is 2.56. The summed E-state index contributed by atoms with van der Waals surface area (Å²) in [4.78, 5) is 13.4. The summed E-state index contributed by atoms with van der Waals surface area (Å²) in [5.74, 6) is 0.0298. The molecule has 0 unspecified atom stereocenters. The van der Waals surface area contributed by atoms with E-state index in [1.807, 2.05) is 38.1 Å². The summed E-state index contributed by atoms with van der Waals surface area (Å²) in [5.41, 5.74) is 1.97. The Morgan fingerprint density at radius 2 is 1.88 bits per heavy atom. The molecule has 1 aromatic rings. The molecule has 0 bridgehead atoms. The zero-order chi connectivity index (χ0) is 12.0. The maximum atomic E-state index is 11.8. The van der Waals surface area contributed by atoms with Gasteiger partial charge in [-0.2, -0.15) is 0 Å². The average molecular weight is 220 g/mol. The van der Waals surface area contributed by atoms with Gasteiger partial charge < -0.3 is 4.90 Å². The van der Waals surface area contributed by atoms with Crippen LogP contribution in [-0.4, -0.2) is 19.1 Å². The summed E-state index contributed by atoms with van der Waals surface area (Å²) >= 11 is 0. The zero-order valence-corrected chi connectivity index (χ0v) is 9.90. The van der Waals surface area contributed by atoms with E-state index >= 15 is 0 Å². The van der Waals surface area contributed by atoms with Gasteiger partial charge in [0.2, 0.25) is 5.91 Å². The van der Waals surface area contributed by atoms with Crippen molar-refractivity contribution in [3.05, 3.63) is 29.8 Å². The molecular formula is C13H18NO2. The maximum absolute atomic E-state index is 11.8. The maximum Gasteiger partial charge on any atom is 0.227 e. The third kappa shape index (κ3) is 3.35. The molecule has 1 radical (unpaired) electrons. The van der Waals surface area contributed by atoms with Gasteiger partial charge in [-0.25, -0.2) is 5.11 Å². The fraction of sp³-hybridized carbons (Fsp3) is 0.462. The van der Waals surface area contributed by atoms with Gasteiger partial charge in [0.05, 0.1) is 6.54 Å². The molecule has 3 heteroatoms. The van der Waals surface area contributed by atoms with Crippen molar-refractivity contribution in [3.8, 4) is 0 Å². The van der Waals surface area contributed by atoms with Gasteiger partial charge in [-0.05, 0) is 25.5 Å². The van der Waals surface area contributed by atoms with E-state index in [4.69, 9.17) is 0 Å². The number of carbonyl (C=O) groups excluding carboxylic acids is 1. The number of rotatable bonds is 5. The van der Waals surface area contributed by atoms with Crippen molar-refractivity contribution in [1.82, 2.24) is 0 Å². The van der Waals surface area contributed by atoms with Crippen molar-refractivity contribution in [2.75, 3.05) is 18.1 Å². The molecule has 0 heterocycles. The quantitative estimate of drug-likeness (QED) is 0.751. The number of amides is 1. The molecule has 0 atom stereocenters. The molecule has 3 nitrogen and oxygen atoms in total.